The predicted molar refractivity (Wildman–Crippen MR) is 156 cm³/mol. The number of carbonyl (C=O) groups excluding carboxylic acids is 2. The molecule has 2 N–H and O–H groups in total. The van der Waals surface area contributed by atoms with Crippen LogP contribution < -0.4 is 10.1 Å². The number of fused-ring (bicyclic) bond motifs is 2. The Morgan fingerprint density at radius 2 is 1.77 bits per heavy atom. The quantitative estimate of drug-likeness (QED) is 0.256. The maximum atomic E-state index is 14.0. The number of nitrogens with zero attached hydrogens (tertiary/aromatic N) is 2. The minimum atomic E-state index is -0.443. The van der Waals surface area contributed by atoms with Gasteiger partial charge in [-0.3, -0.25) is 9.59 Å². The van der Waals surface area contributed by atoms with Gasteiger partial charge in [0.05, 0.1) is 24.5 Å². The number of aliphatic hydroxyl groups excluding tert-OH is 1. The maximum absolute atomic E-state index is 14.0. The van der Waals surface area contributed by atoms with Crippen molar-refractivity contribution in [2.24, 2.45) is 0 Å². The van der Waals surface area contributed by atoms with E-state index in [4.69, 9.17) is 4.74 Å². The van der Waals surface area contributed by atoms with Crippen LogP contribution in [0.1, 0.15) is 54.7 Å². The van der Waals surface area contributed by atoms with Crippen molar-refractivity contribution in [3.8, 4) is 5.75 Å². The van der Waals surface area contributed by atoms with E-state index in [2.05, 4.69) is 9.69 Å². The average molecular weight is 550 g/mol. The summed E-state index contributed by atoms with van der Waals surface area (Å²) in [6.45, 7) is 2.11. The molecule has 0 radical (unpaired) electrons. The Hall–Kier alpha value is -4.53. The van der Waals surface area contributed by atoms with Crippen LogP contribution in [0.3, 0.4) is 0 Å². The van der Waals surface area contributed by atoms with Crippen molar-refractivity contribution < 1.29 is 19.4 Å². The van der Waals surface area contributed by atoms with Crippen LogP contribution in [0.15, 0.2) is 84.9 Å². The lowest BCUT2D eigenvalue weighted by Gasteiger charge is -2.28. The van der Waals surface area contributed by atoms with Gasteiger partial charge in [0.2, 0.25) is 0 Å². The highest BCUT2D eigenvalue weighted by atomic mass is 32.1. The van der Waals surface area contributed by atoms with E-state index < -0.39 is 6.04 Å². The molecule has 2 heterocycles. The largest absolute Gasteiger partial charge is 0.497 e. The number of amides is 2. The van der Waals surface area contributed by atoms with E-state index in [9.17, 15) is 14.7 Å². The van der Waals surface area contributed by atoms with E-state index in [0.29, 0.717) is 34.6 Å². The lowest BCUT2D eigenvalue weighted by Crippen LogP contribution is -2.29. The number of ether oxygens (including phenoxy) is 1. The first kappa shape index (κ1) is 25.7. The number of anilines is 1. The fourth-order valence-electron chi connectivity index (χ4n) is 5.35. The first-order valence-electron chi connectivity index (χ1n) is 12.9. The van der Waals surface area contributed by atoms with E-state index in [1.54, 1.807) is 19.2 Å². The van der Waals surface area contributed by atoms with Crippen LogP contribution in [0, 0.1) is 6.92 Å². The zero-order chi connectivity index (χ0) is 27.8. The molecular weight excluding hydrogens is 522 g/mol. The molecule has 0 saturated carbocycles. The Morgan fingerprint density at radius 1 is 1.02 bits per heavy atom. The lowest BCUT2D eigenvalue weighted by atomic mass is 9.92. The summed E-state index contributed by atoms with van der Waals surface area (Å²) in [5, 5.41) is 13.9. The van der Waals surface area contributed by atoms with Gasteiger partial charge in [0, 0.05) is 28.7 Å². The van der Waals surface area contributed by atoms with Gasteiger partial charge < -0.3 is 20.1 Å². The molecule has 1 aromatic heterocycles. The van der Waals surface area contributed by atoms with Gasteiger partial charge >= 0.3 is 0 Å². The molecule has 6 rings (SSSR count). The summed E-state index contributed by atoms with van der Waals surface area (Å²) in [5.74, 6) is 0.214. The second-order valence-electron chi connectivity index (χ2n) is 9.78. The molecule has 0 fully saturated rings. The third kappa shape index (κ3) is 4.51. The highest BCUT2D eigenvalue weighted by Gasteiger charge is 2.41. The average Bonchev–Trinajstić information content (AvgIpc) is 3.53. The first-order chi connectivity index (χ1) is 19.5. The number of benzene rings is 4. The van der Waals surface area contributed by atoms with Gasteiger partial charge in [0.1, 0.15) is 11.4 Å². The van der Waals surface area contributed by atoms with E-state index in [-0.39, 0.29) is 18.4 Å². The van der Waals surface area contributed by atoms with Gasteiger partial charge in [-0.25, -0.2) is 0 Å². The van der Waals surface area contributed by atoms with Crippen molar-refractivity contribution >= 4 is 39.1 Å². The van der Waals surface area contributed by atoms with Crippen LogP contribution in [0.4, 0.5) is 5.69 Å². The summed E-state index contributed by atoms with van der Waals surface area (Å²) in [5.41, 5.74) is 5.47. The lowest BCUT2D eigenvalue weighted by molar-refractivity contribution is 0.0735. The van der Waals surface area contributed by atoms with Gasteiger partial charge in [-0.05, 0) is 71.0 Å². The van der Waals surface area contributed by atoms with Crippen LogP contribution in [-0.2, 0) is 13.2 Å². The summed E-state index contributed by atoms with van der Waals surface area (Å²) < 4.78 is 10.6. The molecule has 0 bridgehead atoms. The van der Waals surface area contributed by atoms with E-state index >= 15 is 0 Å². The third-order valence-corrected chi connectivity index (χ3v) is 8.16. The Bertz CT molecular complexity index is 1750. The Balaban J connectivity index is 1.47. The monoisotopic (exact) mass is 549 g/mol. The zero-order valence-corrected chi connectivity index (χ0v) is 22.9. The number of nitrogens with one attached hydrogen (secondary N) is 1. The molecule has 1 aliphatic heterocycles. The fraction of sp³-hybridized carbons (Fsp3) is 0.156. The molecule has 0 spiro atoms. The van der Waals surface area contributed by atoms with Gasteiger partial charge in [-0.2, -0.15) is 4.37 Å². The van der Waals surface area contributed by atoms with Gasteiger partial charge in [0.15, 0.2) is 0 Å². The van der Waals surface area contributed by atoms with E-state index in [0.717, 1.165) is 32.5 Å². The highest BCUT2D eigenvalue weighted by molar-refractivity contribution is 7.13. The van der Waals surface area contributed by atoms with Crippen molar-refractivity contribution in [1.82, 2.24) is 9.27 Å². The van der Waals surface area contributed by atoms with Crippen molar-refractivity contribution in [2.45, 2.75) is 26.1 Å². The summed E-state index contributed by atoms with van der Waals surface area (Å²) in [6.07, 6.45) is 0. The molecule has 1 aliphatic rings. The number of aliphatic hydroxyl groups is 1. The highest BCUT2D eigenvalue weighted by Crippen LogP contribution is 2.45. The normalized spacial score (nSPS) is 14.4. The SMILES string of the molecule is COc1ccc(CN2C(=O)c3cc(CO)cc(NC(=O)c4nsc5ccccc45)c3C2c2ccccc2C)cc1. The standard InChI is InChI=1S/C32H27N3O4S/c1-19-7-3-4-8-23(19)30-28-25(32(38)35(30)17-20-11-13-22(39-2)14-12-20)15-21(18-36)16-26(28)33-31(37)29-24-9-5-6-10-27(24)40-34-29/h3-16,30,36H,17-18H2,1-2H3,(H,33,37). The summed E-state index contributed by atoms with van der Waals surface area (Å²) in [4.78, 5) is 29.4. The second-order valence-corrected chi connectivity index (χ2v) is 10.6. The molecule has 0 aliphatic carbocycles. The number of carbonyl (C=O) groups is 2. The second kappa shape index (κ2) is 10.6. The summed E-state index contributed by atoms with van der Waals surface area (Å²) in [7, 11) is 1.62. The van der Waals surface area contributed by atoms with Crippen LogP contribution in [0.5, 0.6) is 5.75 Å². The molecule has 1 atom stereocenters. The van der Waals surface area contributed by atoms with Gasteiger partial charge in [-0.1, -0.05) is 54.6 Å². The smallest absolute Gasteiger partial charge is 0.276 e. The van der Waals surface area contributed by atoms with Crippen molar-refractivity contribution in [2.75, 3.05) is 12.4 Å². The van der Waals surface area contributed by atoms with Crippen LogP contribution in [0.25, 0.3) is 10.1 Å². The molecule has 7 nitrogen and oxygen atoms in total. The minimum absolute atomic E-state index is 0.163. The van der Waals surface area contributed by atoms with Gasteiger partial charge in [-0.15, -0.1) is 0 Å². The number of methoxy groups -OCH3 is 1. The Morgan fingerprint density at radius 3 is 2.52 bits per heavy atom. The number of hydrogen-bond acceptors (Lipinski definition) is 6. The van der Waals surface area contributed by atoms with Crippen molar-refractivity contribution in [3.63, 3.8) is 0 Å². The van der Waals surface area contributed by atoms with E-state index in [1.807, 2.05) is 84.6 Å². The number of aromatic nitrogens is 1. The number of aryl methyl sites for hydroxylation is 1. The molecule has 8 heteroatoms. The molecule has 200 valence electrons. The summed E-state index contributed by atoms with van der Waals surface area (Å²) in [6, 6.07) is 26.2. The van der Waals surface area contributed by atoms with Crippen LogP contribution >= 0.6 is 11.5 Å². The predicted octanol–water partition coefficient (Wildman–Crippen LogP) is 6.10. The maximum Gasteiger partial charge on any atom is 0.276 e. The van der Waals surface area contributed by atoms with E-state index in [1.165, 1.54) is 11.5 Å². The fourth-order valence-corrected chi connectivity index (χ4v) is 6.12. The number of hydrogen-bond donors (Lipinski definition) is 2. The summed E-state index contributed by atoms with van der Waals surface area (Å²) >= 11 is 1.27. The molecule has 2 amide bonds. The molecule has 4 aromatic carbocycles. The topological polar surface area (TPSA) is 91.8 Å². The first-order valence-corrected chi connectivity index (χ1v) is 13.7. The minimum Gasteiger partial charge on any atom is -0.497 e. The number of rotatable bonds is 7. The molecule has 5 aromatic rings. The van der Waals surface area contributed by atoms with Crippen LogP contribution in [-0.4, -0.2) is 33.3 Å². The molecular formula is C32H27N3O4S. The van der Waals surface area contributed by atoms with Crippen LogP contribution in [0.2, 0.25) is 0 Å². The third-order valence-electron chi connectivity index (χ3n) is 7.33. The zero-order valence-electron chi connectivity index (χ0n) is 22.0. The molecule has 40 heavy (non-hydrogen) atoms. The Labute approximate surface area is 235 Å². The van der Waals surface area contributed by atoms with Crippen molar-refractivity contribution in [1.29, 1.82) is 0 Å². The molecule has 1 unspecified atom stereocenters. The van der Waals surface area contributed by atoms with Gasteiger partial charge in [0.25, 0.3) is 11.8 Å². The van der Waals surface area contributed by atoms with Crippen molar-refractivity contribution in [3.05, 3.63) is 124 Å². The molecule has 0 saturated heterocycles. The Kier molecular flexibility index (Phi) is 6.79.